The molecule has 33 heavy (non-hydrogen) atoms. The van der Waals surface area contributed by atoms with E-state index in [-0.39, 0.29) is 17.3 Å². The van der Waals surface area contributed by atoms with Crippen molar-refractivity contribution in [3.63, 3.8) is 0 Å². The average Bonchev–Trinajstić information content (AvgIpc) is 2.78. The molecule has 0 fully saturated rings. The Hall–Kier alpha value is -4.47. The number of nitrogens with one attached hydrogen (secondary N) is 2. The number of alkyl halides is 3. The van der Waals surface area contributed by atoms with Crippen LogP contribution in [0.1, 0.15) is 5.56 Å². The van der Waals surface area contributed by atoms with Gasteiger partial charge in [0.2, 0.25) is 11.9 Å². The molecule has 0 radical (unpaired) electrons. The van der Waals surface area contributed by atoms with E-state index in [1.165, 1.54) is 41.1 Å². The second kappa shape index (κ2) is 8.58. The lowest BCUT2D eigenvalue weighted by atomic mass is 10.1. The van der Waals surface area contributed by atoms with Crippen LogP contribution in [0.15, 0.2) is 84.3 Å². The Bertz CT molecular complexity index is 1430. The zero-order valence-electron chi connectivity index (χ0n) is 16.9. The molecule has 0 atom stereocenters. The number of para-hydroxylation sites is 1. The summed E-state index contributed by atoms with van der Waals surface area (Å²) >= 11 is 0. The van der Waals surface area contributed by atoms with Crippen molar-refractivity contribution in [1.82, 2.24) is 14.5 Å². The Balaban J connectivity index is 1.81. The van der Waals surface area contributed by atoms with E-state index in [0.717, 1.165) is 12.1 Å². The Morgan fingerprint density at radius 1 is 1.06 bits per heavy atom. The largest absolute Gasteiger partial charge is 0.418 e. The number of benzene rings is 2. The van der Waals surface area contributed by atoms with E-state index < -0.39 is 23.2 Å². The first-order valence-corrected chi connectivity index (χ1v) is 9.62. The first-order valence-electron chi connectivity index (χ1n) is 9.62. The quantitative estimate of drug-likeness (QED) is 0.431. The van der Waals surface area contributed by atoms with Gasteiger partial charge in [-0.15, -0.1) is 0 Å². The molecule has 0 saturated carbocycles. The normalized spacial score (nSPS) is 11.2. The Morgan fingerprint density at radius 2 is 1.85 bits per heavy atom. The molecule has 2 aromatic carbocycles. The predicted molar refractivity (Wildman–Crippen MR) is 119 cm³/mol. The number of pyridine rings is 1. The summed E-state index contributed by atoms with van der Waals surface area (Å²) in [7, 11) is 0. The molecule has 0 aliphatic carbocycles. The predicted octanol–water partition coefficient (Wildman–Crippen LogP) is 4.67. The number of carbonyl (C=O) groups excluding carboxylic acids is 1. The summed E-state index contributed by atoms with van der Waals surface area (Å²) < 4.78 is 41.3. The lowest BCUT2D eigenvalue weighted by molar-refractivity contribution is -0.136. The average molecular weight is 451 g/mol. The lowest BCUT2D eigenvalue weighted by Crippen LogP contribution is -2.19. The first-order chi connectivity index (χ1) is 15.8. The van der Waals surface area contributed by atoms with Crippen LogP contribution in [0, 0.1) is 0 Å². The SMILES string of the molecule is C=CC(=O)Nc1cccc(-n2c(=O)ccc3cnc(Nc4ccccc4C(F)(F)F)nc32)c1. The van der Waals surface area contributed by atoms with Gasteiger partial charge in [0, 0.05) is 23.3 Å². The third-order valence-electron chi connectivity index (χ3n) is 4.67. The van der Waals surface area contributed by atoms with Crippen molar-refractivity contribution in [2.75, 3.05) is 10.6 Å². The van der Waals surface area contributed by atoms with Crippen LogP contribution in [0.4, 0.5) is 30.5 Å². The lowest BCUT2D eigenvalue weighted by Gasteiger charge is -2.15. The Labute approximate surface area is 185 Å². The van der Waals surface area contributed by atoms with Crippen LogP contribution in [-0.4, -0.2) is 20.4 Å². The number of anilines is 3. The van der Waals surface area contributed by atoms with Gasteiger partial charge in [-0.1, -0.05) is 24.8 Å². The van der Waals surface area contributed by atoms with Crippen LogP contribution in [0.25, 0.3) is 16.7 Å². The van der Waals surface area contributed by atoms with Crippen LogP contribution >= 0.6 is 0 Å². The molecule has 4 aromatic rings. The molecule has 2 heterocycles. The number of fused-ring (bicyclic) bond motifs is 1. The molecule has 0 aliphatic heterocycles. The van der Waals surface area contributed by atoms with E-state index in [1.54, 1.807) is 24.3 Å². The maximum Gasteiger partial charge on any atom is 0.418 e. The minimum absolute atomic E-state index is 0.116. The Morgan fingerprint density at radius 3 is 2.61 bits per heavy atom. The van der Waals surface area contributed by atoms with Crippen LogP contribution in [-0.2, 0) is 11.0 Å². The highest BCUT2D eigenvalue weighted by molar-refractivity contribution is 5.99. The molecule has 4 rings (SSSR count). The van der Waals surface area contributed by atoms with E-state index in [9.17, 15) is 22.8 Å². The molecule has 0 aliphatic rings. The highest BCUT2D eigenvalue weighted by atomic mass is 19.4. The summed E-state index contributed by atoms with van der Waals surface area (Å²) in [6.07, 6.45) is -2.06. The fourth-order valence-corrected chi connectivity index (χ4v) is 3.20. The van der Waals surface area contributed by atoms with Gasteiger partial charge in [-0.3, -0.25) is 14.2 Å². The van der Waals surface area contributed by atoms with Gasteiger partial charge < -0.3 is 10.6 Å². The Kier molecular flexibility index (Phi) is 5.65. The van der Waals surface area contributed by atoms with Gasteiger partial charge >= 0.3 is 6.18 Å². The highest BCUT2D eigenvalue weighted by Crippen LogP contribution is 2.35. The van der Waals surface area contributed by atoms with Crippen molar-refractivity contribution in [1.29, 1.82) is 0 Å². The minimum Gasteiger partial charge on any atom is -0.324 e. The summed E-state index contributed by atoms with van der Waals surface area (Å²) in [5.41, 5.74) is -0.513. The minimum atomic E-state index is -4.57. The number of aromatic nitrogens is 3. The number of halogens is 3. The standard InChI is InChI=1S/C23H16F3N5O2/c1-2-19(32)28-15-6-5-7-16(12-15)31-20(33)11-10-14-13-27-22(30-21(14)31)29-18-9-4-3-8-17(18)23(24,25)26/h2-13H,1H2,(H,28,32)(H,27,29,30). The fourth-order valence-electron chi connectivity index (χ4n) is 3.20. The number of amides is 1. The molecule has 0 spiro atoms. The summed E-state index contributed by atoms with van der Waals surface area (Å²) in [6, 6.07) is 14.3. The molecule has 2 aromatic heterocycles. The number of nitrogens with zero attached hydrogens (tertiary/aromatic N) is 3. The number of hydrogen-bond acceptors (Lipinski definition) is 5. The second-order valence-corrected chi connectivity index (χ2v) is 6.89. The van der Waals surface area contributed by atoms with Crippen molar-refractivity contribution < 1.29 is 18.0 Å². The topological polar surface area (TPSA) is 88.9 Å². The van der Waals surface area contributed by atoms with Gasteiger partial charge in [0.1, 0.15) is 0 Å². The molecule has 2 N–H and O–H groups in total. The number of rotatable bonds is 5. The fraction of sp³-hybridized carbons (Fsp3) is 0.0435. The third kappa shape index (κ3) is 4.59. The molecule has 1 amide bonds. The highest BCUT2D eigenvalue weighted by Gasteiger charge is 2.33. The molecule has 0 unspecified atom stereocenters. The number of carbonyl (C=O) groups is 1. The van der Waals surface area contributed by atoms with Crippen molar-refractivity contribution >= 4 is 34.3 Å². The van der Waals surface area contributed by atoms with Crippen molar-refractivity contribution in [2.45, 2.75) is 6.18 Å². The van der Waals surface area contributed by atoms with Crippen LogP contribution < -0.4 is 16.2 Å². The van der Waals surface area contributed by atoms with Gasteiger partial charge in [0.15, 0.2) is 5.65 Å². The molecular formula is C23H16F3N5O2. The second-order valence-electron chi connectivity index (χ2n) is 6.89. The van der Waals surface area contributed by atoms with Crippen LogP contribution in [0.2, 0.25) is 0 Å². The summed E-state index contributed by atoms with van der Waals surface area (Å²) in [6.45, 7) is 3.40. The summed E-state index contributed by atoms with van der Waals surface area (Å²) in [4.78, 5) is 32.7. The van der Waals surface area contributed by atoms with Crippen molar-refractivity contribution in [3.05, 3.63) is 95.4 Å². The van der Waals surface area contributed by atoms with E-state index in [4.69, 9.17) is 0 Å². The molecule has 0 bridgehead atoms. The monoisotopic (exact) mass is 451 g/mol. The maximum absolute atomic E-state index is 13.3. The molecule has 7 nitrogen and oxygen atoms in total. The summed E-state index contributed by atoms with van der Waals surface area (Å²) in [5, 5.41) is 5.69. The summed E-state index contributed by atoms with van der Waals surface area (Å²) in [5.74, 6) is -0.538. The van der Waals surface area contributed by atoms with Crippen molar-refractivity contribution in [2.24, 2.45) is 0 Å². The van der Waals surface area contributed by atoms with E-state index in [2.05, 4.69) is 27.2 Å². The molecule has 10 heteroatoms. The van der Waals surface area contributed by atoms with Crippen LogP contribution in [0.5, 0.6) is 0 Å². The van der Waals surface area contributed by atoms with Gasteiger partial charge in [-0.25, -0.2) is 4.98 Å². The third-order valence-corrected chi connectivity index (χ3v) is 4.67. The van der Waals surface area contributed by atoms with Gasteiger partial charge in [0.25, 0.3) is 5.56 Å². The molecule has 0 saturated heterocycles. The van der Waals surface area contributed by atoms with E-state index in [1.807, 2.05) is 0 Å². The van der Waals surface area contributed by atoms with Gasteiger partial charge in [-0.2, -0.15) is 18.2 Å². The zero-order valence-corrected chi connectivity index (χ0v) is 16.9. The molecular weight excluding hydrogens is 435 g/mol. The van der Waals surface area contributed by atoms with Gasteiger partial charge in [0.05, 0.1) is 16.9 Å². The van der Waals surface area contributed by atoms with Crippen molar-refractivity contribution in [3.8, 4) is 5.69 Å². The maximum atomic E-state index is 13.3. The zero-order chi connectivity index (χ0) is 23.6. The van der Waals surface area contributed by atoms with E-state index >= 15 is 0 Å². The first kappa shape index (κ1) is 21.8. The van der Waals surface area contributed by atoms with E-state index in [0.29, 0.717) is 16.8 Å². The smallest absolute Gasteiger partial charge is 0.324 e. The molecule has 166 valence electrons. The number of hydrogen-bond donors (Lipinski definition) is 2. The van der Waals surface area contributed by atoms with Gasteiger partial charge in [-0.05, 0) is 42.5 Å². The van der Waals surface area contributed by atoms with Crippen LogP contribution in [0.3, 0.4) is 0 Å².